The summed E-state index contributed by atoms with van der Waals surface area (Å²) in [7, 11) is 1.89. The predicted molar refractivity (Wildman–Crippen MR) is 79.1 cm³/mol. The molecule has 0 amide bonds. The fraction of sp³-hybridized carbons (Fsp3) is 0.182. The van der Waals surface area contributed by atoms with Crippen molar-refractivity contribution in [3.05, 3.63) is 40.0 Å². The Morgan fingerprint density at radius 1 is 1.48 bits per heavy atom. The predicted octanol–water partition coefficient (Wildman–Crippen LogP) is 2.40. The van der Waals surface area contributed by atoms with E-state index >= 15 is 0 Å². The Balaban J connectivity index is 1.72. The van der Waals surface area contributed by atoms with Crippen molar-refractivity contribution in [2.45, 2.75) is 11.0 Å². The van der Waals surface area contributed by atoms with Gasteiger partial charge in [-0.2, -0.15) is 5.10 Å². The molecule has 0 bridgehead atoms. The number of nitrogens with zero attached hydrogens (tertiary/aromatic N) is 6. The van der Waals surface area contributed by atoms with E-state index in [-0.39, 0.29) is 5.69 Å². The molecule has 3 aromatic heterocycles. The minimum absolute atomic E-state index is 0.0205. The normalized spacial score (nSPS) is 10.9. The van der Waals surface area contributed by atoms with E-state index in [2.05, 4.69) is 15.3 Å². The molecule has 0 saturated carbocycles. The van der Waals surface area contributed by atoms with Crippen molar-refractivity contribution in [3.63, 3.8) is 0 Å². The van der Waals surface area contributed by atoms with Gasteiger partial charge < -0.3 is 4.57 Å². The van der Waals surface area contributed by atoms with E-state index in [4.69, 9.17) is 0 Å². The maximum Gasteiger partial charge on any atom is 0.307 e. The summed E-state index contributed by atoms with van der Waals surface area (Å²) in [6.45, 7) is 0. The molecule has 10 heteroatoms. The molecule has 3 rings (SSSR count). The van der Waals surface area contributed by atoms with Gasteiger partial charge in [0.15, 0.2) is 11.0 Å². The van der Waals surface area contributed by atoms with Crippen molar-refractivity contribution in [1.29, 1.82) is 0 Å². The SMILES string of the molecule is Cn1c(SCn2cc([N+](=O)[O-])cn2)nnc1-c1cccs1. The van der Waals surface area contributed by atoms with Crippen LogP contribution in [-0.4, -0.2) is 29.5 Å². The third-order valence-corrected chi connectivity index (χ3v) is 4.61. The fourth-order valence-electron chi connectivity index (χ4n) is 1.70. The molecule has 0 aliphatic rings. The van der Waals surface area contributed by atoms with Gasteiger partial charge in [-0.05, 0) is 11.4 Å². The molecular weight excluding hydrogens is 312 g/mol. The third-order valence-electron chi connectivity index (χ3n) is 2.73. The highest BCUT2D eigenvalue weighted by atomic mass is 32.2. The first kappa shape index (κ1) is 13.8. The molecule has 0 aliphatic carbocycles. The van der Waals surface area contributed by atoms with Crippen molar-refractivity contribution in [2.24, 2.45) is 7.05 Å². The Labute approximate surface area is 127 Å². The molecule has 3 aromatic rings. The number of rotatable bonds is 5. The van der Waals surface area contributed by atoms with E-state index in [9.17, 15) is 10.1 Å². The van der Waals surface area contributed by atoms with Crippen LogP contribution in [0, 0.1) is 10.1 Å². The second-order valence-electron chi connectivity index (χ2n) is 4.11. The second kappa shape index (κ2) is 5.66. The molecule has 0 aliphatic heterocycles. The molecule has 0 spiro atoms. The molecule has 8 nitrogen and oxygen atoms in total. The van der Waals surface area contributed by atoms with Crippen LogP contribution in [0.25, 0.3) is 10.7 Å². The first-order valence-electron chi connectivity index (χ1n) is 5.88. The van der Waals surface area contributed by atoms with E-state index in [1.807, 2.05) is 29.1 Å². The van der Waals surface area contributed by atoms with Crippen molar-refractivity contribution in [2.75, 3.05) is 0 Å². The highest BCUT2D eigenvalue weighted by Gasteiger charge is 2.13. The van der Waals surface area contributed by atoms with E-state index < -0.39 is 4.92 Å². The quantitative estimate of drug-likeness (QED) is 0.407. The van der Waals surface area contributed by atoms with Crippen molar-refractivity contribution < 1.29 is 4.92 Å². The Morgan fingerprint density at radius 2 is 2.33 bits per heavy atom. The first-order chi connectivity index (χ1) is 10.1. The summed E-state index contributed by atoms with van der Waals surface area (Å²) in [6, 6.07) is 3.95. The summed E-state index contributed by atoms with van der Waals surface area (Å²) < 4.78 is 3.40. The average molecular weight is 322 g/mol. The molecule has 0 saturated heterocycles. The Kier molecular flexibility index (Phi) is 3.71. The van der Waals surface area contributed by atoms with Crippen LogP contribution in [0.1, 0.15) is 0 Å². The summed E-state index contributed by atoms with van der Waals surface area (Å²) in [5.41, 5.74) is -0.0205. The highest BCUT2D eigenvalue weighted by molar-refractivity contribution is 7.98. The van der Waals surface area contributed by atoms with E-state index in [1.54, 1.807) is 11.3 Å². The van der Waals surface area contributed by atoms with Gasteiger partial charge >= 0.3 is 5.69 Å². The number of hydrogen-bond acceptors (Lipinski definition) is 7. The summed E-state index contributed by atoms with van der Waals surface area (Å²) >= 11 is 3.01. The van der Waals surface area contributed by atoms with Crippen LogP contribution >= 0.6 is 23.1 Å². The van der Waals surface area contributed by atoms with Crippen LogP contribution in [0.4, 0.5) is 5.69 Å². The summed E-state index contributed by atoms with van der Waals surface area (Å²) in [4.78, 5) is 11.2. The number of aromatic nitrogens is 5. The zero-order valence-electron chi connectivity index (χ0n) is 10.9. The van der Waals surface area contributed by atoms with E-state index in [0.29, 0.717) is 5.88 Å². The van der Waals surface area contributed by atoms with Gasteiger partial charge in [0, 0.05) is 7.05 Å². The number of nitro groups is 1. The summed E-state index contributed by atoms with van der Waals surface area (Å²) in [6.07, 6.45) is 2.62. The standard InChI is InChI=1S/C11H10N6O2S2/c1-15-10(9-3-2-4-20-9)13-14-11(15)21-7-16-6-8(5-12-16)17(18)19/h2-6H,7H2,1H3. The molecule has 0 fully saturated rings. The Morgan fingerprint density at radius 3 is 3.00 bits per heavy atom. The average Bonchev–Trinajstić information content (AvgIpc) is 3.17. The minimum atomic E-state index is -0.467. The van der Waals surface area contributed by atoms with Gasteiger partial charge in [0.1, 0.15) is 12.4 Å². The van der Waals surface area contributed by atoms with E-state index in [0.717, 1.165) is 15.9 Å². The van der Waals surface area contributed by atoms with Gasteiger partial charge in [-0.3, -0.25) is 14.8 Å². The van der Waals surface area contributed by atoms with Crippen molar-refractivity contribution >= 4 is 28.8 Å². The maximum atomic E-state index is 10.6. The molecule has 0 radical (unpaired) electrons. The monoisotopic (exact) mass is 322 g/mol. The molecule has 21 heavy (non-hydrogen) atoms. The van der Waals surface area contributed by atoms with E-state index in [1.165, 1.54) is 28.8 Å². The van der Waals surface area contributed by atoms with Crippen molar-refractivity contribution in [1.82, 2.24) is 24.5 Å². The zero-order valence-corrected chi connectivity index (χ0v) is 12.5. The van der Waals surface area contributed by atoms with Gasteiger partial charge in [0.25, 0.3) is 0 Å². The van der Waals surface area contributed by atoms with Gasteiger partial charge in [0.05, 0.1) is 15.7 Å². The highest BCUT2D eigenvalue weighted by Crippen LogP contribution is 2.26. The Bertz CT molecular complexity index is 764. The molecule has 0 N–H and O–H groups in total. The number of thiophene rings is 1. The van der Waals surface area contributed by atoms with Crippen LogP contribution < -0.4 is 0 Å². The molecule has 108 valence electrons. The molecule has 0 unspecified atom stereocenters. The lowest BCUT2D eigenvalue weighted by Gasteiger charge is -2.02. The lowest BCUT2D eigenvalue weighted by atomic mass is 10.4. The van der Waals surface area contributed by atoms with Gasteiger partial charge in [-0.25, -0.2) is 0 Å². The molecule has 3 heterocycles. The molecule has 0 atom stereocenters. The molecule has 0 aromatic carbocycles. The number of hydrogen-bond donors (Lipinski definition) is 0. The van der Waals surface area contributed by atoms with Crippen LogP contribution in [-0.2, 0) is 12.9 Å². The fourth-order valence-corrected chi connectivity index (χ4v) is 3.21. The lowest BCUT2D eigenvalue weighted by Crippen LogP contribution is -1.98. The van der Waals surface area contributed by atoms with Crippen LogP contribution in [0.2, 0.25) is 0 Å². The minimum Gasteiger partial charge on any atom is -0.304 e. The number of thioether (sulfide) groups is 1. The van der Waals surface area contributed by atoms with Crippen LogP contribution in [0.5, 0.6) is 0 Å². The van der Waals surface area contributed by atoms with Crippen LogP contribution in [0.15, 0.2) is 35.1 Å². The zero-order chi connectivity index (χ0) is 14.8. The lowest BCUT2D eigenvalue weighted by molar-refractivity contribution is -0.385. The third kappa shape index (κ3) is 2.81. The van der Waals surface area contributed by atoms with Crippen molar-refractivity contribution in [3.8, 4) is 10.7 Å². The Hall–Kier alpha value is -2.20. The van der Waals surface area contributed by atoms with Gasteiger partial charge in [0.2, 0.25) is 0 Å². The summed E-state index contributed by atoms with van der Waals surface area (Å²) in [5, 5.41) is 25.6. The van der Waals surface area contributed by atoms with Gasteiger partial charge in [-0.15, -0.1) is 21.5 Å². The smallest absolute Gasteiger partial charge is 0.304 e. The van der Waals surface area contributed by atoms with Crippen LogP contribution in [0.3, 0.4) is 0 Å². The molecular formula is C11H10N6O2S2. The van der Waals surface area contributed by atoms with Gasteiger partial charge in [-0.1, -0.05) is 17.8 Å². The maximum absolute atomic E-state index is 10.6. The largest absolute Gasteiger partial charge is 0.307 e. The first-order valence-corrected chi connectivity index (χ1v) is 7.74. The summed E-state index contributed by atoms with van der Waals surface area (Å²) in [5.74, 6) is 1.24. The second-order valence-corrected chi connectivity index (χ2v) is 5.97. The topological polar surface area (TPSA) is 91.7 Å².